The molecular formula is C18H14O3. The van der Waals surface area contributed by atoms with E-state index in [4.69, 9.17) is 9.47 Å². The van der Waals surface area contributed by atoms with Crippen molar-refractivity contribution in [2.45, 2.75) is 6.92 Å². The van der Waals surface area contributed by atoms with Crippen LogP contribution in [0.5, 0.6) is 11.5 Å². The number of rotatable bonds is 2. The minimum atomic E-state index is -0.742. The van der Waals surface area contributed by atoms with E-state index >= 15 is 0 Å². The van der Waals surface area contributed by atoms with Crippen LogP contribution in [0.2, 0.25) is 0 Å². The van der Waals surface area contributed by atoms with Gasteiger partial charge < -0.3 is 9.47 Å². The molecule has 3 nitrogen and oxygen atoms in total. The van der Waals surface area contributed by atoms with Crippen LogP contribution >= 0.6 is 0 Å². The Kier molecular flexibility index (Phi) is 3.56. The zero-order valence-electron chi connectivity index (χ0n) is 11.6. The lowest BCUT2D eigenvalue weighted by atomic mass is 10.1. The molecule has 3 aromatic rings. The first-order valence-electron chi connectivity index (χ1n) is 6.66. The standard InChI is InChI=1S/C18H14O3/c1-13-6-9-16(10-7-13)20-18(19)21-17-11-8-14-4-2-3-5-15(14)12-17/h2-12H,1H3. The normalized spacial score (nSPS) is 10.3. The maximum absolute atomic E-state index is 11.8. The summed E-state index contributed by atoms with van der Waals surface area (Å²) >= 11 is 0. The molecule has 0 aliphatic carbocycles. The molecule has 104 valence electrons. The summed E-state index contributed by atoms with van der Waals surface area (Å²) in [5.74, 6) is 0.928. The molecular weight excluding hydrogens is 264 g/mol. The molecule has 0 fully saturated rings. The van der Waals surface area contributed by atoms with Crippen molar-refractivity contribution in [3.05, 3.63) is 72.3 Å². The van der Waals surface area contributed by atoms with Gasteiger partial charge in [-0.15, -0.1) is 0 Å². The fourth-order valence-electron chi connectivity index (χ4n) is 2.05. The Bertz CT molecular complexity index is 776. The second kappa shape index (κ2) is 5.67. The van der Waals surface area contributed by atoms with Gasteiger partial charge in [0.25, 0.3) is 0 Å². The fraction of sp³-hybridized carbons (Fsp3) is 0.0556. The van der Waals surface area contributed by atoms with Gasteiger partial charge in [-0.3, -0.25) is 0 Å². The average molecular weight is 278 g/mol. The van der Waals surface area contributed by atoms with Gasteiger partial charge in [0.1, 0.15) is 11.5 Å². The highest BCUT2D eigenvalue weighted by molar-refractivity contribution is 5.84. The second-order valence-corrected chi connectivity index (χ2v) is 4.78. The molecule has 0 bridgehead atoms. The second-order valence-electron chi connectivity index (χ2n) is 4.78. The summed E-state index contributed by atoms with van der Waals surface area (Å²) < 4.78 is 10.3. The third-order valence-corrected chi connectivity index (χ3v) is 3.14. The molecule has 0 atom stereocenters. The maximum Gasteiger partial charge on any atom is 0.519 e. The van der Waals surface area contributed by atoms with E-state index < -0.39 is 6.16 Å². The first-order chi connectivity index (χ1) is 10.2. The van der Waals surface area contributed by atoms with E-state index in [0.29, 0.717) is 11.5 Å². The summed E-state index contributed by atoms with van der Waals surface area (Å²) in [6.45, 7) is 1.97. The highest BCUT2D eigenvalue weighted by Gasteiger charge is 2.08. The van der Waals surface area contributed by atoms with Gasteiger partial charge in [0.15, 0.2) is 0 Å². The summed E-state index contributed by atoms with van der Waals surface area (Å²) in [5.41, 5.74) is 1.10. The molecule has 0 unspecified atom stereocenters. The highest BCUT2D eigenvalue weighted by Crippen LogP contribution is 2.21. The van der Waals surface area contributed by atoms with E-state index in [2.05, 4.69) is 0 Å². The van der Waals surface area contributed by atoms with Gasteiger partial charge in [0, 0.05) is 0 Å². The van der Waals surface area contributed by atoms with Gasteiger partial charge in [-0.1, -0.05) is 48.0 Å². The molecule has 0 radical (unpaired) electrons. The third kappa shape index (κ3) is 3.20. The molecule has 0 aliphatic heterocycles. The van der Waals surface area contributed by atoms with Crippen molar-refractivity contribution < 1.29 is 14.3 Å². The molecule has 0 N–H and O–H groups in total. The predicted octanol–water partition coefficient (Wildman–Crippen LogP) is 4.73. The Balaban J connectivity index is 1.72. The van der Waals surface area contributed by atoms with Crippen LogP contribution in [-0.4, -0.2) is 6.16 Å². The molecule has 3 rings (SSSR count). The summed E-state index contributed by atoms with van der Waals surface area (Å²) in [5, 5.41) is 2.11. The van der Waals surface area contributed by atoms with Crippen LogP contribution in [0.4, 0.5) is 4.79 Å². The Hall–Kier alpha value is -2.81. The topological polar surface area (TPSA) is 35.5 Å². The van der Waals surface area contributed by atoms with E-state index in [1.54, 1.807) is 18.2 Å². The van der Waals surface area contributed by atoms with Gasteiger partial charge in [0.2, 0.25) is 0 Å². The lowest BCUT2D eigenvalue weighted by molar-refractivity contribution is 0.152. The zero-order valence-corrected chi connectivity index (χ0v) is 11.6. The smallest absolute Gasteiger partial charge is 0.395 e. The molecule has 0 saturated heterocycles. The van der Waals surface area contributed by atoms with Crippen molar-refractivity contribution in [3.63, 3.8) is 0 Å². The van der Waals surface area contributed by atoms with Gasteiger partial charge in [-0.05, 0) is 42.0 Å². The molecule has 0 aliphatic rings. The van der Waals surface area contributed by atoms with Crippen molar-refractivity contribution in [3.8, 4) is 11.5 Å². The van der Waals surface area contributed by atoms with Crippen LogP contribution in [0.3, 0.4) is 0 Å². The minimum Gasteiger partial charge on any atom is -0.395 e. The van der Waals surface area contributed by atoms with Crippen LogP contribution in [0.15, 0.2) is 66.7 Å². The molecule has 3 aromatic carbocycles. The monoisotopic (exact) mass is 278 g/mol. The lowest BCUT2D eigenvalue weighted by Crippen LogP contribution is -2.13. The third-order valence-electron chi connectivity index (χ3n) is 3.14. The van der Waals surface area contributed by atoms with Crippen LogP contribution in [0.25, 0.3) is 10.8 Å². The summed E-state index contributed by atoms with van der Waals surface area (Å²) in [6, 6.07) is 20.6. The van der Waals surface area contributed by atoms with E-state index in [9.17, 15) is 4.79 Å². The molecule has 21 heavy (non-hydrogen) atoms. The van der Waals surface area contributed by atoms with Crippen molar-refractivity contribution in [2.24, 2.45) is 0 Å². The Morgan fingerprint density at radius 1 is 0.762 bits per heavy atom. The van der Waals surface area contributed by atoms with Gasteiger partial charge in [-0.25, -0.2) is 4.79 Å². The minimum absolute atomic E-state index is 0.464. The summed E-state index contributed by atoms with van der Waals surface area (Å²) in [4.78, 5) is 11.8. The van der Waals surface area contributed by atoms with Crippen molar-refractivity contribution in [1.29, 1.82) is 0 Å². The number of fused-ring (bicyclic) bond motifs is 1. The first-order valence-corrected chi connectivity index (χ1v) is 6.66. The quantitative estimate of drug-likeness (QED) is 0.502. The Labute approximate surface area is 122 Å². The van der Waals surface area contributed by atoms with E-state index in [0.717, 1.165) is 16.3 Å². The maximum atomic E-state index is 11.8. The van der Waals surface area contributed by atoms with Crippen molar-refractivity contribution in [1.82, 2.24) is 0 Å². The number of benzene rings is 3. The van der Waals surface area contributed by atoms with E-state index in [1.807, 2.05) is 55.5 Å². The number of ether oxygens (including phenoxy) is 2. The number of aryl methyl sites for hydroxylation is 1. The van der Waals surface area contributed by atoms with Crippen LogP contribution in [0.1, 0.15) is 5.56 Å². The molecule has 0 heterocycles. The number of hydrogen-bond donors (Lipinski definition) is 0. The van der Waals surface area contributed by atoms with Crippen LogP contribution in [0, 0.1) is 6.92 Å². The van der Waals surface area contributed by atoms with Gasteiger partial charge in [-0.2, -0.15) is 0 Å². The Morgan fingerprint density at radius 2 is 1.38 bits per heavy atom. The highest BCUT2D eigenvalue weighted by atomic mass is 16.7. The summed E-state index contributed by atoms with van der Waals surface area (Å²) in [7, 11) is 0. The van der Waals surface area contributed by atoms with E-state index in [1.165, 1.54) is 0 Å². The number of hydrogen-bond acceptors (Lipinski definition) is 3. The molecule has 0 aromatic heterocycles. The zero-order chi connectivity index (χ0) is 14.7. The molecule has 3 heteroatoms. The van der Waals surface area contributed by atoms with Gasteiger partial charge >= 0.3 is 6.16 Å². The van der Waals surface area contributed by atoms with Crippen molar-refractivity contribution in [2.75, 3.05) is 0 Å². The largest absolute Gasteiger partial charge is 0.519 e. The lowest BCUT2D eigenvalue weighted by Gasteiger charge is -2.06. The predicted molar refractivity (Wildman–Crippen MR) is 81.8 cm³/mol. The number of carbonyl (C=O) groups is 1. The van der Waals surface area contributed by atoms with Gasteiger partial charge in [0.05, 0.1) is 0 Å². The van der Waals surface area contributed by atoms with Crippen LogP contribution in [-0.2, 0) is 0 Å². The van der Waals surface area contributed by atoms with Crippen LogP contribution < -0.4 is 9.47 Å². The first kappa shape index (κ1) is 13.2. The Morgan fingerprint density at radius 3 is 2.14 bits per heavy atom. The van der Waals surface area contributed by atoms with Crippen molar-refractivity contribution >= 4 is 16.9 Å². The number of carbonyl (C=O) groups excluding carboxylic acids is 1. The average Bonchev–Trinajstić information content (AvgIpc) is 2.49. The van der Waals surface area contributed by atoms with E-state index in [-0.39, 0.29) is 0 Å². The fourth-order valence-corrected chi connectivity index (χ4v) is 2.05. The molecule has 0 saturated carbocycles. The summed E-state index contributed by atoms with van der Waals surface area (Å²) in [6.07, 6.45) is -0.742. The SMILES string of the molecule is Cc1ccc(OC(=O)Oc2ccc3ccccc3c2)cc1. The molecule has 0 amide bonds. The molecule has 0 spiro atoms.